The van der Waals surface area contributed by atoms with Gasteiger partial charge in [0.25, 0.3) is 5.91 Å². The SMILES string of the molecule is Cc1cc2c(cc1S(=O)(=O)N1CCC[C@H]1C(=O)Nc1cccc(C)c1C)O[C@H](C)C(=O)N2. The van der Waals surface area contributed by atoms with Gasteiger partial charge in [-0.05, 0) is 69.4 Å². The van der Waals surface area contributed by atoms with Gasteiger partial charge in [0.2, 0.25) is 15.9 Å². The first-order valence-corrected chi connectivity index (χ1v) is 12.0. The quantitative estimate of drug-likeness (QED) is 0.734. The molecule has 2 heterocycles. The summed E-state index contributed by atoms with van der Waals surface area (Å²) in [5, 5.41) is 5.63. The Hall–Kier alpha value is -2.91. The normalized spacial score (nSPS) is 20.9. The molecule has 1 fully saturated rings. The van der Waals surface area contributed by atoms with Crippen LogP contribution in [0.15, 0.2) is 35.2 Å². The highest BCUT2D eigenvalue weighted by Crippen LogP contribution is 2.37. The van der Waals surface area contributed by atoms with Gasteiger partial charge in [0.1, 0.15) is 11.8 Å². The second kappa shape index (κ2) is 8.22. The summed E-state index contributed by atoms with van der Waals surface area (Å²) in [6.07, 6.45) is 0.324. The predicted molar refractivity (Wildman–Crippen MR) is 121 cm³/mol. The van der Waals surface area contributed by atoms with Gasteiger partial charge in [0, 0.05) is 18.3 Å². The maximum absolute atomic E-state index is 13.6. The van der Waals surface area contributed by atoms with Crippen molar-refractivity contribution in [1.29, 1.82) is 0 Å². The molecular formula is C23H27N3O5S. The van der Waals surface area contributed by atoms with E-state index in [4.69, 9.17) is 4.74 Å². The van der Waals surface area contributed by atoms with Crippen LogP contribution in [-0.2, 0) is 19.6 Å². The number of hydrogen-bond acceptors (Lipinski definition) is 5. The minimum atomic E-state index is -3.96. The van der Waals surface area contributed by atoms with Crippen LogP contribution >= 0.6 is 0 Å². The third-order valence-corrected chi connectivity index (χ3v) is 8.21. The molecule has 0 unspecified atom stereocenters. The molecule has 4 rings (SSSR count). The van der Waals surface area contributed by atoms with E-state index in [1.165, 1.54) is 10.4 Å². The summed E-state index contributed by atoms with van der Waals surface area (Å²) >= 11 is 0. The van der Waals surface area contributed by atoms with Gasteiger partial charge in [-0.3, -0.25) is 9.59 Å². The Kier molecular flexibility index (Phi) is 5.72. The molecule has 9 heteroatoms. The number of nitrogens with one attached hydrogen (secondary N) is 2. The summed E-state index contributed by atoms with van der Waals surface area (Å²) in [5.41, 5.74) is 3.59. The Morgan fingerprint density at radius 3 is 2.69 bits per heavy atom. The number of fused-ring (bicyclic) bond motifs is 1. The van der Waals surface area contributed by atoms with Gasteiger partial charge >= 0.3 is 0 Å². The van der Waals surface area contributed by atoms with Crippen molar-refractivity contribution < 1.29 is 22.7 Å². The maximum Gasteiger partial charge on any atom is 0.265 e. The fourth-order valence-corrected chi connectivity index (χ4v) is 6.02. The summed E-state index contributed by atoms with van der Waals surface area (Å²) < 4.78 is 34.0. The third kappa shape index (κ3) is 3.86. The molecule has 170 valence electrons. The second-order valence-electron chi connectivity index (χ2n) is 8.37. The molecule has 0 spiro atoms. The monoisotopic (exact) mass is 457 g/mol. The molecule has 2 aliphatic heterocycles. The van der Waals surface area contributed by atoms with Crippen molar-refractivity contribution in [1.82, 2.24) is 4.31 Å². The lowest BCUT2D eigenvalue weighted by atomic mass is 10.1. The van der Waals surface area contributed by atoms with Crippen LogP contribution in [0.25, 0.3) is 0 Å². The molecule has 0 aromatic heterocycles. The average molecular weight is 458 g/mol. The van der Waals surface area contributed by atoms with E-state index in [2.05, 4.69) is 10.6 Å². The first-order valence-electron chi connectivity index (χ1n) is 10.6. The number of aryl methyl sites for hydroxylation is 2. The number of rotatable bonds is 4. The van der Waals surface area contributed by atoms with Crippen molar-refractivity contribution in [2.45, 2.75) is 57.6 Å². The van der Waals surface area contributed by atoms with Crippen molar-refractivity contribution in [2.75, 3.05) is 17.2 Å². The molecular weight excluding hydrogens is 430 g/mol. The van der Waals surface area contributed by atoms with Gasteiger partial charge in [0.15, 0.2) is 6.10 Å². The van der Waals surface area contributed by atoms with Crippen LogP contribution in [-0.4, -0.2) is 43.2 Å². The predicted octanol–water partition coefficient (Wildman–Crippen LogP) is 3.12. The van der Waals surface area contributed by atoms with E-state index < -0.39 is 22.2 Å². The molecule has 8 nitrogen and oxygen atoms in total. The zero-order chi connectivity index (χ0) is 23.2. The summed E-state index contributed by atoms with van der Waals surface area (Å²) in [4.78, 5) is 25.0. The smallest absolute Gasteiger partial charge is 0.265 e. The molecule has 1 saturated heterocycles. The van der Waals surface area contributed by atoms with Gasteiger partial charge < -0.3 is 15.4 Å². The summed E-state index contributed by atoms with van der Waals surface area (Å²) in [6, 6.07) is 7.86. The van der Waals surface area contributed by atoms with Gasteiger partial charge in [0.05, 0.1) is 10.6 Å². The van der Waals surface area contributed by atoms with Crippen molar-refractivity contribution >= 4 is 33.2 Å². The fraction of sp³-hybridized carbons (Fsp3) is 0.391. The van der Waals surface area contributed by atoms with E-state index in [9.17, 15) is 18.0 Å². The molecule has 32 heavy (non-hydrogen) atoms. The number of carbonyl (C=O) groups excluding carboxylic acids is 2. The first-order chi connectivity index (χ1) is 15.1. The number of ether oxygens (including phenoxy) is 1. The Morgan fingerprint density at radius 2 is 1.94 bits per heavy atom. The van der Waals surface area contributed by atoms with E-state index in [0.29, 0.717) is 35.5 Å². The Labute approximate surface area is 188 Å². The van der Waals surface area contributed by atoms with Crippen LogP contribution in [0, 0.1) is 20.8 Å². The van der Waals surface area contributed by atoms with Crippen LogP contribution in [0.4, 0.5) is 11.4 Å². The van der Waals surface area contributed by atoms with Crippen molar-refractivity contribution in [3.05, 3.63) is 47.0 Å². The van der Waals surface area contributed by atoms with Gasteiger partial charge in [-0.2, -0.15) is 4.31 Å². The van der Waals surface area contributed by atoms with Crippen LogP contribution in [0.5, 0.6) is 5.75 Å². The topological polar surface area (TPSA) is 105 Å². The van der Waals surface area contributed by atoms with Crippen molar-refractivity contribution in [3.8, 4) is 5.75 Å². The molecule has 0 aliphatic carbocycles. The lowest BCUT2D eigenvalue weighted by Crippen LogP contribution is -2.43. The van der Waals surface area contributed by atoms with Crippen LogP contribution in [0.3, 0.4) is 0 Å². The Balaban J connectivity index is 1.63. The zero-order valence-corrected chi connectivity index (χ0v) is 19.4. The number of nitrogens with zero attached hydrogens (tertiary/aromatic N) is 1. The number of hydrogen-bond donors (Lipinski definition) is 2. The first kappa shape index (κ1) is 22.3. The summed E-state index contributed by atoms with van der Waals surface area (Å²) in [5.74, 6) is -0.320. The molecule has 2 aromatic rings. The van der Waals surface area contributed by atoms with Crippen molar-refractivity contribution in [2.24, 2.45) is 0 Å². The third-order valence-electron chi connectivity index (χ3n) is 6.16. The lowest BCUT2D eigenvalue weighted by Gasteiger charge is -2.27. The van der Waals surface area contributed by atoms with Crippen LogP contribution in [0.2, 0.25) is 0 Å². The molecule has 0 radical (unpaired) electrons. The lowest BCUT2D eigenvalue weighted by molar-refractivity contribution is -0.122. The van der Waals surface area contributed by atoms with Crippen LogP contribution in [0.1, 0.15) is 36.5 Å². The van der Waals surface area contributed by atoms with Gasteiger partial charge in [-0.25, -0.2) is 8.42 Å². The summed E-state index contributed by atoms with van der Waals surface area (Å²) in [6.45, 7) is 7.41. The minimum absolute atomic E-state index is 0.0750. The fourth-order valence-electron chi connectivity index (χ4n) is 4.14. The Morgan fingerprint density at radius 1 is 1.19 bits per heavy atom. The maximum atomic E-state index is 13.6. The van der Waals surface area contributed by atoms with Crippen molar-refractivity contribution in [3.63, 3.8) is 0 Å². The van der Waals surface area contributed by atoms with E-state index in [0.717, 1.165) is 11.1 Å². The second-order valence-corrected chi connectivity index (χ2v) is 10.2. The van der Waals surface area contributed by atoms with Crippen LogP contribution < -0.4 is 15.4 Å². The molecule has 2 aliphatic rings. The highest BCUT2D eigenvalue weighted by Gasteiger charge is 2.41. The Bertz CT molecular complexity index is 1210. The minimum Gasteiger partial charge on any atom is -0.479 e. The molecule has 2 atom stereocenters. The molecule has 0 bridgehead atoms. The summed E-state index contributed by atoms with van der Waals surface area (Å²) in [7, 11) is -3.96. The largest absolute Gasteiger partial charge is 0.479 e. The molecule has 0 saturated carbocycles. The van der Waals surface area contributed by atoms with E-state index in [1.54, 1.807) is 19.9 Å². The molecule has 2 aromatic carbocycles. The van der Waals surface area contributed by atoms with E-state index >= 15 is 0 Å². The van der Waals surface area contributed by atoms with Gasteiger partial charge in [-0.1, -0.05) is 12.1 Å². The number of benzene rings is 2. The number of sulfonamides is 1. The highest BCUT2D eigenvalue weighted by molar-refractivity contribution is 7.89. The molecule has 2 N–H and O–H groups in total. The number of anilines is 2. The van der Waals surface area contributed by atoms with Gasteiger partial charge in [-0.15, -0.1) is 0 Å². The molecule has 2 amide bonds. The zero-order valence-electron chi connectivity index (χ0n) is 18.6. The average Bonchev–Trinajstić information content (AvgIpc) is 3.23. The number of amides is 2. The van der Waals surface area contributed by atoms with E-state index in [-0.39, 0.29) is 23.3 Å². The standard InChI is InChI=1S/C23H27N3O5S/c1-13-7-5-8-17(15(13)3)24-23(28)19-9-6-10-26(19)32(29,30)21-12-20-18(11-14(21)2)25-22(27)16(4)31-20/h5,7-8,11-12,16,19H,6,9-10H2,1-4H3,(H,24,28)(H,25,27)/t16-,19+/m1/s1. The highest BCUT2D eigenvalue weighted by atomic mass is 32.2. The van der Waals surface area contributed by atoms with E-state index in [1.807, 2.05) is 32.0 Å². The number of carbonyl (C=O) groups is 2.